The molecule has 2 aromatic rings. The zero-order chi connectivity index (χ0) is 16.2. The zero-order valence-electron chi connectivity index (χ0n) is 13.3. The van der Waals surface area contributed by atoms with Gasteiger partial charge in [-0.15, -0.1) is 12.4 Å². The lowest BCUT2D eigenvalue weighted by atomic mass is 10.1. The van der Waals surface area contributed by atoms with E-state index in [1.54, 1.807) is 6.20 Å². The van der Waals surface area contributed by atoms with E-state index in [2.05, 4.69) is 26.2 Å². The molecule has 1 aromatic heterocycles. The van der Waals surface area contributed by atoms with Gasteiger partial charge in [0.1, 0.15) is 17.6 Å². The fourth-order valence-electron chi connectivity index (χ4n) is 2.72. The van der Waals surface area contributed by atoms with Crippen LogP contribution in [0.2, 0.25) is 0 Å². The highest BCUT2D eigenvalue weighted by Crippen LogP contribution is 2.21. The van der Waals surface area contributed by atoms with Crippen LogP contribution in [-0.4, -0.2) is 46.6 Å². The van der Waals surface area contributed by atoms with Gasteiger partial charge in [-0.1, -0.05) is 22.0 Å². The highest BCUT2D eigenvalue weighted by molar-refractivity contribution is 9.10. The Morgan fingerprint density at radius 3 is 3.04 bits per heavy atom. The van der Waals surface area contributed by atoms with Crippen LogP contribution in [0.25, 0.3) is 0 Å². The Morgan fingerprint density at radius 2 is 2.33 bits per heavy atom. The maximum atomic E-state index is 12.6. The van der Waals surface area contributed by atoms with E-state index in [1.807, 2.05) is 47.0 Å². The second-order valence-electron chi connectivity index (χ2n) is 5.45. The van der Waals surface area contributed by atoms with Crippen LogP contribution >= 0.6 is 28.3 Å². The molecule has 1 aliphatic heterocycles. The Kier molecular flexibility index (Phi) is 6.65. The number of benzene rings is 1. The predicted molar refractivity (Wildman–Crippen MR) is 97.4 cm³/mol. The number of carbonyl (C=O) groups excluding carboxylic acids is 1. The number of piperazine rings is 1. The van der Waals surface area contributed by atoms with Crippen LogP contribution in [0, 0.1) is 0 Å². The summed E-state index contributed by atoms with van der Waals surface area (Å²) in [7, 11) is 1.94. The number of hydrogen-bond donors (Lipinski definition) is 1. The monoisotopic (exact) mass is 414 g/mol. The van der Waals surface area contributed by atoms with Crippen molar-refractivity contribution in [3.63, 3.8) is 0 Å². The third kappa shape index (κ3) is 4.28. The van der Waals surface area contributed by atoms with Crippen LogP contribution in [0.5, 0.6) is 5.75 Å². The standard InChI is InChI=1S/C16H19BrN4O2.ClH/c1-20-7-6-19-16(20)14-10-18-5-8-21(14)15(22)11-23-13-4-2-3-12(17)9-13;/h2-4,6-7,9,14,18H,5,8,10-11H2,1H3;1H. The largest absolute Gasteiger partial charge is 0.484 e. The molecule has 0 saturated carbocycles. The molecule has 130 valence electrons. The first-order valence-corrected chi connectivity index (χ1v) is 8.30. The van der Waals surface area contributed by atoms with Gasteiger partial charge < -0.3 is 19.5 Å². The van der Waals surface area contributed by atoms with Gasteiger partial charge in [0.05, 0.1) is 0 Å². The number of hydrogen-bond acceptors (Lipinski definition) is 4. The van der Waals surface area contributed by atoms with Crippen LogP contribution in [0.15, 0.2) is 41.1 Å². The number of aromatic nitrogens is 2. The van der Waals surface area contributed by atoms with Gasteiger partial charge in [0, 0.05) is 43.5 Å². The molecule has 0 spiro atoms. The third-order valence-electron chi connectivity index (χ3n) is 3.88. The van der Waals surface area contributed by atoms with Crippen molar-refractivity contribution in [2.45, 2.75) is 6.04 Å². The zero-order valence-corrected chi connectivity index (χ0v) is 15.7. The van der Waals surface area contributed by atoms with Gasteiger partial charge in [-0.3, -0.25) is 4.79 Å². The first kappa shape index (κ1) is 18.8. The van der Waals surface area contributed by atoms with Gasteiger partial charge in [0.2, 0.25) is 0 Å². The molecule has 1 N–H and O–H groups in total. The minimum atomic E-state index is -0.0673. The minimum Gasteiger partial charge on any atom is -0.484 e. The van der Waals surface area contributed by atoms with Crippen LogP contribution in [0.4, 0.5) is 0 Å². The average molecular weight is 416 g/mol. The quantitative estimate of drug-likeness (QED) is 0.831. The Morgan fingerprint density at radius 1 is 1.50 bits per heavy atom. The van der Waals surface area contributed by atoms with Crippen molar-refractivity contribution in [2.75, 3.05) is 26.2 Å². The van der Waals surface area contributed by atoms with Crippen LogP contribution < -0.4 is 10.1 Å². The molecule has 1 fully saturated rings. The number of carbonyl (C=O) groups is 1. The van der Waals surface area contributed by atoms with Crippen molar-refractivity contribution in [2.24, 2.45) is 7.05 Å². The summed E-state index contributed by atoms with van der Waals surface area (Å²) in [5.41, 5.74) is 0. The van der Waals surface area contributed by atoms with Crippen LogP contribution in [-0.2, 0) is 11.8 Å². The average Bonchev–Trinajstić information content (AvgIpc) is 2.98. The van der Waals surface area contributed by atoms with E-state index in [-0.39, 0.29) is 31.0 Å². The Hall–Kier alpha value is -1.57. The molecule has 1 aromatic carbocycles. The molecule has 0 bridgehead atoms. The SMILES string of the molecule is Cl.Cn1ccnc1C1CNCCN1C(=O)COc1cccc(Br)c1. The smallest absolute Gasteiger partial charge is 0.261 e. The summed E-state index contributed by atoms with van der Waals surface area (Å²) in [6, 6.07) is 7.42. The fraction of sp³-hybridized carbons (Fsp3) is 0.375. The molecule has 1 unspecified atom stereocenters. The molecule has 0 aliphatic carbocycles. The molecule has 1 saturated heterocycles. The van der Waals surface area contributed by atoms with Crippen LogP contribution in [0.1, 0.15) is 11.9 Å². The lowest BCUT2D eigenvalue weighted by Crippen LogP contribution is -2.50. The maximum absolute atomic E-state index is 12.6. The molecular weight excluding hydrogens is 396 g/mol. The molecule has 2 heterocycles. The number of rotatable bonds is 4. The molecule has 1 atom stereocenters. The first-order valence-electron chi connectivity index (χ1n) is 7.51. The van der Waals surface area contributed by atoms with E-state index < -0.39 is 0 Å². The summed E-state index contributed by atoms with van der Waals surface area (Å²) >= 11 is 3.39. The summed E-state index contributed by atoms with van der Waals surface area (Å²) in [5.74, 6) is 1.53. The predicted octanol–water partition coefficient (Wildman–Crippen LogP) is 2.16. The second-order valence-corrected chi connectivity index (χ2v) is 6.37. The highest BCUT2D eigenvalue weighted by Gasteiger charge is 2.30. The minimum absolute atomic E-state index is 0. The van der Waals surface area contributed by atoms with E-state index in [4.69, 9.17) is 4.74 Å². The molecule has 0 radical (unpaired) electrons. The second kappa shape index (κ2) is 8.50. The molecule has 8 heteroatoms. The van der Waals surface area contributed by atoms with Gasteiger partial charge >= 0.3 is 0 Å². The number of aryl methyl sites for hydroxylation is 1. The van der Waals surface area contributed by atoms with Gasteiger partial charge in [-0.05, 0) is 18.2 Å². The van der Waals surface area contributed by atoms with Crippen molar-refractivity contribution >= 4 is 34.2 Å². The van der Waals surface area contributed by atoms with Gasteiger partial charge in [-0.2, -0.15) is 0 Å². The molecule has 3 rings (SSSR count). The number of nitrogens with zero attached hydrogens (tertiary/aromatic N) is 3. The Balaban J connectivity index is 0.00000208. The normalized spacial score (nSPS) is 17.2. The molecule has 6 nitrogen and oxygen atoms in total. The van der Waals surface area contributed by atoms with Crippen LogP contribution in [0.3, 0.4) is 0 Å². The molecular formula is C16H20BrClN4O2. The fourth-order valence-corrected chi connectivity index (χ4v) is 3.09. The van der Waals surface area contributed by atoms with Crippen molar-refractivity contribution in [3.05, 3.63) is 47.0 Å². The van der Waals surface area contributed by atoms with Gasteiger partial charge in [0.25, 0.3) is 5.91 Å². The number of nitrogens with one attached hydrogen (secondary N) is 1. The summed E-state index contributed by atoms with van der Waals surface area (Å²) in [5, 5.41) is 3.32. The van der Waals surface area contributed by atoms with E-state index >= 15 is 0 Å². The topological polar surface area (TPSA) is 59.4 Å². The van der Waals surface area contributed by atoms with Crippen molar-refractivity contribution in [1.82, 2.24) is 19.8 Å². The maximum Gasteiger partial charge on any atom is 0.261 e. The summed E-state index contributed by atoms with van der Waals surface area (Å²) < 4.78 is 8.51. The first-order chi connectivity index (χ1) is 11.1. The molecule has 1 aliphatic rings. The van der Waals surface area contributed by atoms with Gasteiger partial charge in [0.15, 0.2) is 6.61 Å². The van der Waals surface area contributed by atoms with E-state index in [0.29, 0.717) is 18.8 Å². The third-order valence-corrected chi connectivity index (χ3v) is 4.37. The van der Waals surface area contributed by atoms with Gasteiger partial charge in [-0.25, -0.2) is 4.98 Å². The van der Waals surface area contributed by atoms with Crippen molar-refractivity contribution in [3.8, 4) is 5.75 Å². The summed E-state index contributed by atoms with van der Waals surface area (Å²) in [4.78, 5) is 18.8. The molecule has 1 amide bonds. The number of halogens is 2. The number of amides is 1. The van der Waals surface area contributed by atoms with E-state index in [1.165, 1.54) is 0 Å². The Bertz CT molecular complexity index is 694. The summed E-state index contributed by atoms with van der Waals surface area (Å²) in [6.45, 7) is 2.16. The molecule has 24 heavy (non-hydrogen) atoms. The highest BCUT2D eigenvalue weighted by atomic mass is 79.9. The Labute approximate surface area is 155 Å². The lowest BCUT2D eigenvalue weighted by molar-refractivity contribution is -0.137. The van der Waals surface area contributed by atoms with Crippen molar-refractivity contribution < 1.29 is 9.53 Å². The summed E-state index contributed by atoms with van der Waals surface area (Å²) in [6.07, 6.45) is 3.65. The van der Waals surface area contributed by atoms with E-state index in [0.717, 1.165) is 16.8 Å². The lowest BCUT2D eigenvalue weighted by Gasteiger charge is -2.35. The number of ether oxygens (including phenoxy) is 1. The van der Waals surface area contributed by atoms with Crippen molar-refractivity contribution in [1.29, 1.82) is 0 Å². The number of imidazole rings is 1. The van der Waals surface area contributed by atoms with E-state index in [9.17, 15) is 4.79 Å².